The van der Waals surface area contributed by atoms with E-state index >= 15 is 0 Å². The van der Waals surface area contributed by atoms with Gasteiger partial charge in [0, 0.05) is 43.2 Å². The van der Waals surface area contributed by atoms with Crippen molar-refractivity contribution < 1.29 is 9.53 Å². The highest BCUT2D eigenvalue weighted by Crippen LogP contribution is 2.24. The van der Waals surface area contributed by atoms with E-state index < -0.39 is 0 Å². The summed E-state index contributed by atoms with van der Waals surface area (Å²) in [6.45, 7) is 3.08. The van der Waals surface area contributed by atoms with Crippen molar-refractivity contribution in [2.75, 3.05) is 25.1 Å². The number of fused-ring (bicyclic) bond motifs is 1. The summed E-state index contributed by atoms with van der Waals surface area (Å²) in [6.07, 6.45) is 5.02. The number of hydrogen-bond donors (Lipinski definition) is 2. The molecule has 1 amide bonds. The average molecular weight is 355 g/mol. The molecule has 2 N–H and O–H groups in total. The predicted octanol–water partition coefficient (Wildman–Crippen LogP) is 1.99. The van der Waals surface area contributed by atoms with Gasteiger partial charge in [-0.25, -0.2) is 0 Å². The normalized spacial score (nSPS) is 20.2. The lowest BCUT2D eigenvalue weighted by molar-refractivity contribution is -0.117. The number of carbonyl (C=O) groups excluding carboxylic acids is 1. The molecule has 2 aliphatic rings. The third-order valence-electron chi connectivity index (χ3n) is 4.97. The van der Waals surface area contributed by atoms with E-state index in [4.69, 9.17) is 4.74 Å². The van der Waals surface area contributed by atoms with Crippen molar-refractivity contribution in [2.24, 2.45) is 0 Å². The van der Waals surface area contributed by atoms with Crippen LogP contribution in [0.15, 0.2) is 24.3 Å². The SMILES string of the molecule is O=C(CC1COCCN1)Nc1ccc(-c2nnc3n2CCCCC3)cc1. The van der Waals surface area contributed by atoms with Gasteiger partial charge in [0.2, 0.25) is 5.91 Å². The van der Waals surface area contributed by atoms with Gasteiger partial charge in [-0.05, 0) is 37.1 Å². The fourth-order valence-electron chi connectivity index (χ4n) is 3.59. The Kier molecular flexibility index (Phi) is 5.26. The molecule has 1 unspecified atom stereocenters. The van der Waals surface area contributed by atoms with E-state index in [0.29, 0.717) is 19.6 Å². The second kappa shape index (κ2) is 7.97. The molecule has 1 saturated heterocycles. The van der Waals surface area contributed by atoms with Crippen LogP contribution in [0.2, 0.25) is 0 Å². The van der Waals surface area contributed by atoms with E-state index in [-0.39, 0.29) is 11.9 Å². The Morgan fingerprint density at radius 3 is 2.92 bits per heavy atom. The first-order valence-corrected chi connectivity index (χ1v) is 9.43. The van der Waals surface area contributed by atoms with E-state index in [0.717, 1.165) is 42.4 Å². The molecule has 1 atom stereocenters. The lowest BCUT2D eigenvalue weighted by Gasteiger charge is -2.23. The van der Waals surface area contributed by atoms with Crippen LogP contribution in [-0.4, -0.2) is 46.5 Å². The largest absolute Gasteiger partial charge is 0.378 e. The topological polar surface area (TPSA) is 81.1 Å². The number of hydrogen-bond acceptors (Lipinski definition) is 5. The van der Waals surface area contributed by atoms with Gasteiger partial charge >= 0.3 is 0 Å². The maximum atomic E-state index is 12.2. The smallest absolute Gasteiger partial charge is 0.226 e. The van der Waals surface area contributed by atoms with Crippen molar-refractivity contribution >= 4 is 11.6 Å². The first-order valence-electron chi connectivity index (χ1n) is 9.43. The maximum Gasteiger partial charge on any atom is 0.226 e. The summed E-state index contributed by atoms with van der Waals surface area (Å²) >= 11 is 0. The van der Waals surface area contributed by atoms with Gasteiger partial charge < -0.3 is 19.9 Å². The first kappa shape index (κ1) is 17.2. The summed E-state index contributed by atoms with van der Waals surface area (Å²) in [4.78, 5) is 12.2. The van der Waals surface area contributed by atoms with Gasteiger partial charge in [0.05, 0.1) is 13.2 Å². The zero-order chi connectivity index (χ0) is 17.8. The van der Waals surface area contributed by atoms with Crippen molar-refractivity contribution in [2.45, 2.75) is 44.7 Å². The summed E-state index contributed by atoms with van der Waals surface area (Å²) in [5.41, 5.74) is 1.83. The van der Waals surface area contributed by atoms with Crippen LogP contribution in [0.25, 0.3) is 11.4 Å². The Morgan fingerprint density at radius 1 is 1.23 bits per heavy atom. The van der Waals surface area contributed by atoms with Crippen molar-refractivity contribution in [1.29, 1.82) is 0 Å². The zero-order valence-electron chi connectivity index (χ0n) is 14.9. The highest BCUT2D eigenvalue weighted by molar-refractivity contribution is 5.91. The summed E-state index contributed by atoms with van der Waals surface area (Å²) in [6, 6.07) is 7.95. The molecule has 7 nitrogen and oxygen atoms in total. The monoisotopic (exact) mass is 355 g/mol. The number of carbonyl (C=O) groups is 1. The van der Waals surface area contributed by atoms with Crippen molar-refractivity contribution in [3.05, 3.63) is 30.1 Å². The molecule has 4 rings (SSSR count). The third-order valence-corrected chi connectivity index (χ3v) is 4.97. The molecule has 2 aromatic rings. The van der Waals surface area contributed by atoms with Crippen LogP contribution in [0, 0.1) is 0 Å². The van der Waals surface area contributed by atoms with Crippen molar-refractivity contribution in [3.8, 4) is 11.4 Å². The number of benzene rings is 1. The zero-order valence-corrected chi connectivity index (χ0v) is 14.9. The van der Waals surface area contributed by atoms with Crippen molar-refractivity contribution in [3.63, 3.8) is 0 Å². The van der Waals surface area contributed by atoms with Crippen LogP contribution in [-0.2, 0) is 22.5 Å². The molecule has 138 valence electrons. The van der Waals surface area contributed by atoms with Crippen LogP contribution in [0.5, 0.6) is 0 Å². The highest BCUT2D eigenvalue weighted by Gasteiger charge is 2.18. The number of aromatic nitrogens is 3. The Labute approximate surface area is 153 Å². The highest BCUT2D eigenvalue weighted by atomic mass is 16.5. The molecule has 26 heavy (non-hydrogen) atoms. The fraction of sp³-hybridized carbons (Fsp3) is 0.526. The van der Waals surface area contributed by atoms with Gasteiger partial charge in [-0.15, -0.1) is 10.2 Å². The minimum atomic E-state index is -0.00269. The molecule has 0 radical (unpaired) electrons. The van der Waals surface area contributed by atoms with Gasteiger partial charge in [0.25, 0.3) is 0 Å². The summed E-state index contributed by atoms with van der Waals surface area (Å²) in [5, 5.41) is 15.0. The van der Waals surface area contributed by atoms with Crippen LogP contribution >= 0.6 is 0 Å². The standard InChI is InChI=1S/C19H25N5O2/c25-18(12-16-13-26-11-9-20-16)21-15-7-5-14(6-8-15)19-23-22-17-4-2-1-3-10-24(17)19/h5-8,16,20H,1-4,9-13H2,(H,21,25). The molecular formula is C19H25N5O2. The van der Waals surface area contributed by atoms with E-state index in [1.807, 2.05) is 24.3 Å². The van der Waals surface area contributed by atoms with Crippen LogP contribution in [0.4, 0.5) is 5.69 Å². The predicted molar refractivity (Wildman–Crippen MR) is 98.9 cm³/mol. The molecule has 1 fully saturated rings. The first-order chi connectivity index (χ1) is 12.8. The summed E-state index contributed by atoms with van der Waals surface area (Å²) < 4.78 is 7.62. The molecule has 2 aliphatic heterocycles. The average Bonchev–Trinajstić information content (AvgIpc) is 2.91. The van der Waals surface area contributed by atoms with Gasteiger partial charge in [0.1, 0.15) is 5.82 Å². The second-order valence-corrected chi connectivity index (χ2v) is 6.96. The van der Waals surface area contributed by atoms with E-state index in [2.05, 4.69) is 25.4 Å². The molecule has 1 aromatic heterocycles. The quantitative estimate of drug-likeness (QED) is 0.877. The number of nitrogens with one attached hydrogen (secondary N) is 2. The lowest BCUT2D eigenvalue weighted by Crippen LogP contribution is -2.43. The summed E-state index contributed by atoms with van der Waals surface area (Å²) in [5.74, 6) is 2.00. The van der Waals surface area contributed by atoms with Crippen molar-refractivity contribution in [1.82, 2.24) is 20.1 Å². The number of nitrogens with zero attached hydrogens (tertiary/aromatic N) is 3. The van der Waals surface area contributed by atoms with E-state index in [1.54, 1.807) is 0 Å². The lowest BCUT2D eigenvalue weighted by atomic mass is 10.1. The molecular weight excluding hydrogens is 330 g/mol. The number of ether oxygens (including phenoxy) is 1. The number of amides is 1. The Hall–Kier alpha value is -2.25. The number of anilines is 1. The Bertz CT molecular complexity index is 750. The third kappa shape index (κ3) is 3.94. The number of aryl methyl sites for hydroxylation is 1. The van der Waals surface area contributed by atoms with Gasteiger partial charge in [0.15, 0.2) is 5.82 Å². The second-order valence-electron chi connectivity index (χ2n) is 6.96. The maximum absolute atomic E-state index is 12.2. The molecule has 1 aromatic carbocycles. The molecule has 0 spiro atoms. The van der Waals surface area contributed by atoms with E-state index in [9.17, 15) is 4.79 Å². The van der Waals surface area contributed by atoms with Gasteiger partial charge in [-0.3, -0.25) is 4.79 Å². The Balaban J connectivity index is 1.40. The minimum absolute atomic E-state index is 0.00269. The number of morpholine rings is 1. The minimum Gasteiger partial charge on any atom is -0.378 e. The fourth-order valence-corrected chi connectivity index (χ4v) is 3.59. The van der Waals surface area contributed by atoms with Gasteiger partial charge in [-0.1, -0.05) is 6.42 Å². The van der Waals surface area contributed by atoms with Crippen LogP contribution in [0.3, 0.4) is 0 Å². The van der Waals surface area contributed by atoms with Gasteiger partial charge in [-0.2, -0.15) is 0 Å². The molecule has 0 bridgehead atoms. The molecule has 3 heterocycles. The van der Waals surface area contributed by atoms with Crippen LogP contribution < -0.4 is 10.6 Å². The van der Waals surface area contributed by atoms with Crippen LogP contribution in [0.1, 0.15) is 31.5 Å². The molecule has 7 heteroatoms. The molecule has 0 saturated carbocycles. The Morgan fingerprint density at radius 2 is 2.12 bits per heavy atom. The number of rotatable bonds is 4. The van der Waals surface area contributed by atoms with E-state index in [1.165, 1.54) is 19.3 Å². The summed E-state index contributed by atoms with van der Waals surface area (Å²) in [7, 11) is 0. The molecule has 0 aliphatic carbocycles.